The summed E-state index contributed by atoms with van der Waals surface area (Å²) >= 11 is 0. The molecule has 1 aliphatic carbocycles. The molecular formula is C25H27N3O2. The lowest BCUT2D eigenvalue weighted by molar-refractivity contribution is -0.122. The second-order valence-corrected chi connectivity index (χ2v) is 8.43. The minimum Gasteiger partial charge on any atom is -0.361 e. The van der Waals surface area contributed by atoms with Crippen molar-refractivity contribution < 1.29 is 9.59 Å². The van der Waals surface area contributed by atoms with Gasteiger partial charge < -0.3 is 15.2 Å². The van der Waals surface area contributed by atoms with Crippen LogP contribution in [0.25, 0.3) is 10.9 Å². The molecule has 1 aliphatic heterocycles. The summed E-state index contributed by atoms with van der Waals surface area (Å²) < 4.78 is 0. The number of hydrogen-bond donors (Lipinski definition) is 2. The SMILES string of the molecule is O=C(CCN1C(=O)c2ccccc2[C@H]1c1c[nH]c2ccccc12)NC1CCCCC1. The van der Waals surface area contributed by atoms with Crippen LogP contribution in [0.2, 0.25) is 0 Å². The van der Waals surface area contributed by atoms with Gasteiger partial charge in [0.05, 0.1) is 6.04 Å². The number of carbonyl (C=O) groups excluding carboxylic acids is 2. The molecule has 30 heavy (non-hydrogen) atoms. The smallest absolute Gasteiger partial charge is 0.255 e. The second-order valence-electron chi connectivity index (χ2n) is 8.43. The van der Waals surface area contributed by atoms with Crippen LogP contribution in [0, 0.1) is 0 Å². The molecule has 1 fully saturated rings. The monoisotopic (exact) mass is 401 g/mol. The molecule has 154 valence electrons. The zero-order valence-corrected chi connectivity index (χ0v) is 17.1. The molecular weight excluding hydrogens is 374 g/mol. The van der Waals surface area contributed by atoms with Crippen molar-refractivity contribution in [1.29, 1.82) is 0 Å². The summed E-state index contributed by atoms with van der Waals surface area (Å²) in [6.07, 6.45) is 8.10. The van der Waals surface area contributed by atoms with Crippen molar-refractivity contribution in [2.24, 2.45) is 0 Å². The number of nitrogens with one attached hydrogen (secondary N) is 2. The Hall–Kier alpha value is -3.08. The molecule has 2 amide bonds. The molecule has 2 aliphatic rings. The minimum atomic E-state index is -0.174. The lowest BCUT2D eigenvalue weighted by atomic mass is 9.95. The van der Waals surface area contributed by atoms with Gasteiger partial charge in [0.2, 0.25) is 5.91 Å². The van der Waals surface area contributed by atoms with Gasteiger partial charge in [-0.1, -0.05) is 55.7 Å². The van der Waals surface area contributed by atoms with Gasteiger partial charge >= 0.3 is 0 Å². The summed E-state index contributed by atoms with van der Waals surface area (Å²) in [7, 11) is 0. The maximum Gasteiger partial charge on any atom is 0.255 e. The van der Waals surface area contributed by atoms with Crippen LogP contribution in [0.3, 0.4) is 0 Å². The summed E-state index contributed by atoms with van der Waals surface area (Å²) in [5, 5.41) is 4.29. The van der Waals surface area contributed by atoms with Gasteiger partial charge in [0.1, 0.15) is 0 Å². The van der Waals surface area contributed by atoms with Crippen LogP contribution in [0.1, 0.15) is 66.1 Å². The Labute approximate surface area is 176 Å². The van der Waals surface area contributed by atoms with Gasteiger partial charge in [-0.05, 0) is 30.5 Å². The van der Waals surface area contributed by atoms with Gasteiger partial charge in [0.25, 0.3) is 5.91 Å². The number of aromatic nitrogens is 1. The standard InChI is InChI=1S/C25H27N3O2/c29-23(27-17-8-2-1-3-9-17)14-15-28-24(19-11-4-5-12-20(19)25(28)30)21-16-26-22-13-7-6-10-18(21)22/h4-7,10-13,16-17,24,26H,1-3,8-9,14-15H2,(H,27,29)/t24-/m0/s1. The molecule has 5 rings (SSSR count). The van der Waals surface area contributed by atoms with Gasteiger partial charge in [-0.25, -0.2) is 0 Å². The molecule has 2 aromatic carbocycles. The van der Waals surface area contributed by atoms with E-state index in [0.717, 1.165) is 40.4 Å². The van der Waals surface area contributed by atoms with E-state index in [9.17, 15) is 9.59 Å². The molecule has 0 bridgehead atoms. The van der Waals surface area contributed by atoms with Crippen molar-refractivity contribution in [2.45, 2.75) is 50.6 Å². The number of aromatic amines is 1. The molecule has 2 N–H and O–H groups in total. The molecule has 2 heterocycles. The molecule has 1 saturated carbocycles. The Bertz CT molecular complexity index is 1080. The van der Waals surface area contributed by atoms with E-state index >= 15 is 0 Å². The van der Waals surface area contributed by atoms with Crippen molar-refractivity contribution in [3.05, 3.63) is 71.4 Å². The van der Waals surface area contributed by atoms with E-state index in [4.69, 9.17) is 0 Å². The molecule has 5 heteroatoms. The summed E-state index contributed by atoms with van der Waals surface area (Å²) in [5.74, 6) is 0.0506. The topological polar surface area (TPSA) is 65.2 Å². The van der Waals surface area contributed by atoms with Crippen LogP contribution in [0.15, 0.2) is 54.7 Å². The van der Waals surface area contributed by atoms with E-state index in [2.05, 4.69) is 16.4 Å². The Morgan fingerprint density at radius 3 is 2.63 bits per heavy atom. The Morgan fingerprint density at radius 1 is 1.00 bits per heavy atom. The number of benzene rings is 2. The predicted molar refractivity (Wildman–Crippen MR) is 117 cm³/mol. The lowest BCUT2D eigenvalue weighted by Crippen LogP contribution is -2.39. The highest BCUT2D eigenvalue weighted by atomic mass is 16.2. The third kappa shape index (κ3) is 3.38. The van der Waals surface area contributed by atoms with Crippen LogP contribution in [0.4, 0.5) is 0 Å². The quantitative estimate of drug-likeness (QED) is 0.659. The first-order valence-electron chi connectivity index (χ1n) is 11.0. The highest BCUT2D eigenvalue weighted by Gasteiger charge is 2.38. The average Bonchev–Trinajstić information content (AvgIpc) is 3.32. The Balaban J connectivity index is 1.40. The highest BCUT2D eigenvalue weighted by Crippen LogP contribution is 2.41. The minimum absolute atomic E-state index is 0.00588. The molecule has 3 aromatic rings. The normalized spacial score (nSPS) is 19.3. The predicted octanol–water partition coefficient (Wildman–Crippen LogP) is 4.55. The molecule has 0 unspecified atom stereocenters. The van der Waals surface area contributed by atoms with E-state index in [1.807, 2.05) is 53.6 Å². The van der Waals surface area contributed by atoms with Gasteiger partial charge in [-0.15, -0.1) is 0 Å². The van der Waals surface area contributed by atoms with E-state index in [1.54, 1.807) is 0 Å². The van der Waals surface area contributed by atoms with Crippen molar-refractivity contribution >= 4 is 22.7 Å². The summed E-state index contributed by atoms with van der Waals surface area (Å²) in [5.41, 5.74) is 3.89. The zero-order valence-electron chi connectivity index (χ0n) is 17.1. The van der Waals surface area contributed by atoms with Gasteiger partial charge in [0.15, 0.2) is 0 Å². The van der Waals surface area contributed by atoms with Crippen molar-refractivity contribution in [3.63, 3.8) is 0 Å². The fourth-order valence-electron chi connectivity index (χ4n) is 5.03. The number of fused-ring (bicyclic) bond motifs is 2. The highest BCUT2D eigenvalue weighted by molar-refractivity contribution is 6.01. The van der Waals surface area contributed by atoms with Gasteiger partial charge in [-0.2, -0.15) is 0 Å². The first-order chi connectivity index (χ1) is 14.7. The largest absolute Gasteiger partial charge is 0.361 e. The van der Waals surface area contributed by atoms with E-state index in [-0.39, 0.29) is 17.9 Å². The van der Waals surface area contributed by atoms with Crippen molar-refractivity contribution in [3.8, 4) is 0 Å². The second kappa shape index (κ2) is 7.98. The summed E-state index contributed by atoms with van der Waals surface area (Å²) in [6.45, 7) is 0.413. The maximum absolute atomic E-state index is 13.2. The Morgan fingerprint density at radius 2 is 1.77 bits per heavy atom. The number of nitrogens with zero attached hydrogens (tertiary/aromatic N) is 1. The van der Waals surface area contributed by atoms with Crippen LogP contribution in [0.5, 0.6) is 0 Å². The van der Waals surface area contributed by atoms with E-state index < -0.39 is 0 Å². The van der Waals surface area contributed by atoms with Gasteiger partial charge in [0, 0.05) is 47.2 Å². The van der Waals surface area contributed by atoms with Crippen LogP contribution >= 0.6 is 0 Å². The zero-order chi connectivity index (χ0) is 20.5. The number of para-hydroxylation sites is 1. The Kier molecular flexibility index (Phi) is 5.03. The molecule has 1 atom stereocenters. The average molecular weight is 402 g/mol. The number of carbonyl (C=O) groups is 2. The third-order valence-electron chi connectivity index (χ3n) is 6.52. The van der Waals surface area contributed by atoms with Crippen LogP contribution in [-0.4, -0.2) is 34.3 Å². The molecule has 0 spiro atoms. The van der Waals surface area contributed by atoms with Crippen molar-refractivity contribution in [1.82, 2.24) is 15.2 Å². The maximum atomic E-state index is 13.2. The summed E-state index contributed by atoms with van der Waals surface area (Å²) in [6, 6.07) is 16.1. The first kappa shape index (κ1) is 18.9. The molecule has 0 saturated heterocycles. The van der Waals surface area contributed by atoms with Crippen LogP contribution < -0.4 is 5.32 Å². The fourth-order valence-corrected chi connectivity index (χ4v) is 5.03. The molecule has 0 radical (unpaired) electrons. The van der Waals surface area contributed by atoms with Crippen LogP contribution in [-0.2, 0) is 4.79 Å². The number of H-pyrrole nitrogens is 1. The van der Waals surface area contributed by atoms with Gasteiger partial charge in [-0.3, -0.25) is 9.59 Å². The number of hydrogen-bond acceptors (Lipinski definition) is 2. The number of amides is 2. The fraction of sp³-hybridized carbons (Fsp3) is 0.360. The lowest BCUT2D eigenvalue weighted by Gasteiger charge is -2.26. The van der Waals surface area contributed by atoms with E-state index in [1.165, 1.54) is 19.3 Å². The third-order valence-corrected chi connectivity index (χ3v) is 6.52. The molecule has 5 nitrogen and oxygen atoms in total. The number of rotatable bonds is 5. The first-order valence-corrected chi connectivity index (χ1v) is 11.0. The summed E-state index contributed by atoms with van der Waals surface area (Å²) in [4.78, 5) is 31.0. The molecule has 1 aromatic heterocycles. The van der Waals surface area contributed by atoms with Crippen molar-refractivity contribution in [2.75, 3.05) is 6.54 Å². The van der Waals surface area contributed by atoms with E-state index in [0.29, 0.717) is 19.0 Å².